The summed E-state index contributed by atoms with van der Waals surface area (Å²) in [4.78, 5) is 83.9. The van der Waals surface area contributed by atoms with Gasteiger partial charge in [0.25, 0.3) is 0 Å². The minimum Gasteiger partial charge on any atom is -0.481 e. The highest BCUT2D eigenvalue weighted by molar-refractivity contribution is 5.93. The molecule has 43 heavy (non-hydrogen) atoms. The molecule has 0 heterocycles. The number of unbranched alkanes of at least 4 members (excludes halogenated alkanes) is 1. The van der Waals surface area contributed by atoms with Gasteiger partial charge < -0.3 is 38.3 Å². The van der Waals surface area contributed by atoms with Gasteiger partial charge in [0.1, 0.15) is 17.9 Å². The van der Waals surface area contributed by atoms with Crippen LogP contribution in [0.5, 0.6) is 0 Å². The van der Waals surface area contributed by atoms with E-state index in [-0.39, 0.29) is 49.2 Å². The zero-order valence-corrected chi connectivity index (χ0v) is 25.9. The van der Waals surface area contributed by atoms with Crippen molar-refractivity contribution in [1.29, 1.82) is 0 Å². The van der Waals surface area contributed by atoms with Crippen LogP contribution in [-0.4, -0.2) is 83.1 Å². The van der Waals surface area contributed by atoms with Gasteiger partial charge >= 0.3 is 5.97 Å². The van der Waals surface area contributed by atoms with Crippen molar-refractivity contribution in [2.45, 2.75) is 116 Å². The molecule has 0 aromatic heterocycles. The fourth-order valence-electron chi connectivity index (χ4n) is 4.20. The van der Waals surface area contributed by atoms with Crippen LogP contribution in [0.4, 0.5) is 0 Å². The average molecular weight is 614 g/mol. The minimum absolute atomic E-state index is 0.0180. The van der Waals surface area contributed by atoms with Gasteiger partial charge in [-0.2, -0.15) is 0 Å². The van der Waals surface area contributed by atoms with Crippen molar-refractivity contribution in [3.63, 3.8) is 0 Å². The summed E-state index contributed by atoms with van der Waals surface area (Å²) in [5.41, 5.74) is 16.8. The number of Topliss-reactive ketones (excluding diaryl/α,β-unsaturated/α-hetero) is 1. The zero-order valence-electron chi connectivity index (χ0n) is 25.9. The van der Waals surface area contributed by atoms with Gasteiger partial charge in [-0.15, -0.1) is 0 Å². The quantitative estimate of drug-likeness (QED) is 0.0638. The third kappa shape index (κ3) is 16.0. The molecule has 2 unspecified atom stereocenters. The lowest BCUT2D eigenvalue weighted by Gasteiger charge is -2.27. The monoisotopic (exact) mass is 613 g/mol. The van der Waals surface area contributed by atoms with Crippen LogP contribution in [0, 0.1) is 11.8 Å². The van der Waals surface area contributed by atoms with Crippen molar-refractivity contribution in [2.24, 2.45) is 29.0 Å². The lowest BCUT2D eigenvalue weighted by atomic mass is 9.96. The molecule has 0 aliphatic rings. The van der Waals surface area contributed by atoms with Crippen LogP contribution in [0.15, 0.2) is 0 Å². The van der Waals surface area contributed by atoms with Crippen molar-refractivity contribution in [3.8, 4) is 0 Å². The van der Waals surface area contributed by atoms with E-state index in [0.717, 1.165) is 0 Å². The first-order valence-corrected chi connectivity index (χ1v) is 14.7. The maximum Gasteiger partial charge on any atom is 0.303 e. The van der Waals surface area contributed by atoms with Gasteiger partial charge in [0.2, 0.25) is 29.5 Å². The molecule has 0 radical (unpaired) electrons. The van der Waals surface area contributed by atoms with E-state index in [1.165, 1.54) is 6.92 Å². The van der Waals surface area contributed by atoms with E-state index in [1.807, 2.05) is 6.92 Å². The molecule has 246 valence electrons. The number of rotatable bonds is 23. The molecule has 15 heteroatoms. The summed E-state index contributed by atoms with van der Waals surface area (Å²) >= 11 is 0. The van der Waals surface area contributed by atoms with Crippen LogP contribution >= 0.6 is 0 Å². The molecule has 0 aromatic carbocycles. The predicted molar refractivity (Wildman–Crippen MR) is 159 cm³/mol. The summed E-state index contributed by atoms with van der Waals surface area (Å²) in [5.74, 6) is -4.67. The van der Waals surface area contributed by atoms with Crippen LogP contribution in [0.1, 0.15) is 86.0 Å². The molecule has 6 atom stereocenters. The number of carboxylic acid groups (broad SMARTS) is 1. The minimum atomic E-state index is -1.10. The zero-order chi connectivity index (χ0) is 33.3. The molecule has 0 rings (SSSR count). The van der Waals surface area contributed by atoms with Crippen LogP contribution in [0.3, 0.4) is 0 Å². The predicted octanol–water partition coefficient (Wildman–Crippen LogP) is -1.20. The molecule has 0 aromatic rings. The van der Waals surface area contributed by atoms with Gasteiger partial charge in [-0.3, -0.25) is 38.9 Å². The highest BCUT2D eigenvalue weighted by Gasteiger charge is 2.31. The Morgan fingerprint density at radius 1 is 0.767 bits per heavy atom. The Hall–Kier alpha value is -3.59. The number of nitrogens with one attached hydrogen (secondary N) is 4. The maximum absolute atomic E-state index is 12.8. The van der Waals surface area contributed by atoms with E-state index in [2.05, 4.69) is 21.3 Å². The number of carbonyl (C=O) groups excluding carboxylic acids is 6. The lowest BCUT2D eigenvalue weighted by molar-refractivity contribution is -0.137. The number of nitrogens with two attached hydrogens (primary N) is 3. The normalized spacial score (nSPS) is 15.3. The van der Waals surface area contributed by atoms with Crippen molar-refractivity contribution in [1.82, 2.24) is 21.3 Å². The number of carbonyl (C=O) groups is 7. The van der Waals surface area contributed by atoms with Crippen molar-refractivity contribution >= 4 is 41.3 Å². The molecule has 0 saturated carbocycles. The summed E-state index contributed by atoms with van der Waals surface area (Å²) in [7, 11) is 0. The second-order valence-corrected chi connectivity index (χ2v) is 11.2. The van der Waals surface area contributed by atoms with E-state index in [0.29, 0.717) is 32.2 Å². The summed E-state index contributed by atoms with van der Waals surface area (Å²) in [6.45, 7) is 8.78. The van der Waals surface area contributed by atoms with Gasteiger partial charge in [0.05, 0.1) is 18.1 Å². The van der Waals surface area contributed by atoms with Gasteiger partial charge in [-0.25, -0.2) is 0 Å². The first-order valence-electron chi connectivity index (χ1n) is 14.7. The largest absolute Gasteiger partial charge is 0.481 e. The number of primary amides is 2. The van der Waals surface area contributed by atoms with Crippen LogP contribution < -0.4 is 38.5 Å². The standard InChI is InChI=1S/C28H51N7O8/c1-6-16(4)24(26(31)41)35-28(43)23(15(2)3)34-27(42)18(29)9-7-8-14-32-21(37)12-10-19(17(5)36)33-20(25(30)40)11-13-22(38)39/h15-16,18-20,23-24,33H,6-14,29H2,1-5H3,(H2,30,40)(H2,31,41)(H,32,37)(H,34,42)(H,35,43)(H,38,39)/t16-,18?,19?,20-,23-,24-/m0/s1. The summed E-state index contributed by atoms with van der Waals surface area (Å²) in [5, 5.41) is 19.6. The molecular weight excluding hydrogens is 562 g/mol. The number of hydrogen-bond acceptors (Lipinski definition) is 9. The molecule has 15 nitrogen and oxygen atoms in total. The molecule has 0 fully saturated rings. The third-order valence-corrected chi connectivity index (χ3v) is 7.21. The molecule has 0 saturated heterocycles. The maximum atomic E-state index is 12.8. The number of aliphatic carboxylic acids is 1. The van der Waals surface area contributed by atoms with Crippen molar-refractivity contribution in [2.75, 3.05) is 6.54 Å². The number of hydrogen-bond donors (Lipinski definition) is 8. The Bertz CT molecular complexity index is 975. The van der Waals surface area contributed by atoms with E-state index < -0.39 is 59.8 Å². The van der Waals surface area contributed by atoms with Crippen molar-refractivity contribution in [3.05, 3.63) is 0 Å². The third-order valence-electron chi connectivity index (χ3n) is 7.21. The van der Waals surface area contributed by atoms with Gasteiger partial charge in [-0.05, 0) is 50.9 Å². The smallest absolute Gasteiger partial charge is 0.303 e. The van der Waals surface area contributed by atoms with Crippen LogP contribution in [0.2, 0.25) is 0 Å². The van der Waals surface area contributed by atoms with E-state index in [4.69, 9.17) is 22.3 Å². The van der Waals surface area contributed by atoms with Gasteiger partial charge in [0, 0.05) is 19.4 Å². The average Bonchev–Trinajstić information content (AvgIpc) is 2.92. The van der Waals surface area contributed by atoms with E-state index in [9.17, 15) is 33.6 Å². The molecule has 0 aliphatic heterocycles. The molecule has 0 spiro atoms. The first-order chi connectivity index (χ1) is 20.0. The lowest BCUT2D eigenvalue weighted by Crippen LogP contribution is -2.58. The van der Waals surface area contributed by atoms with E-state index >= 15 is 0 Å². The number of amides is 5. The first kappa shape index (κ1) is 39.4. The second-order valence-electron chi connectivity index (χ2n) is 11.2. The van der Waals surface area contributed by atoms with Crippen LogP contribution in [0.25, 0.3) is 0 Å². The Labute approximate surface area is 253 Å². The Balaban J connectivity index is 4.66. The Kier molecular flexibility index (Phi) is 18.6. The Morgan fingerprint density at radius 2 is 1.35 bits per heavy atom. The Morgan fingerprint density at radius 3 is 1.84 bits per heavy atom. The number of carboxylic acids is 1. The SMILES string of the molecule is CC[C@H](C)[C@H](NC(=O)[C@@H](NC(=O)C(N)CCCCNC(=O)CCC(N[C@@H](CCC(=O)O)C(N)=O)C(C)=O)C(C)C)C(N)=O. The molecule has 5 amide bonds. The fraction of sp³-hybridized carbons (Fsp3) is 0.750. The summed E-state index contributed by atoms with van der Waals surface area (Å²) < 4.78 is 0. The van der Waals surface area contributed by atoms with Crippen molar-refractivity contribution < 1.29 is 38.7 Å². The van der Waals surface area contributed by atoms with Crippen LogP contribution in [-0.2, 0) is 33.6 Å². The molecule has 0 bridgehead atoms. The number of ketones is 1. The fourth-order valence-corrected chi connectivity index (χ4v) is 4.20. The highest BCUT2D eigenvalue weighted by Crippen LogP contribution is 2.10. The van der Waals surface area contributed by atoms with E-state index in [1.54, 1.807) is 20.8 Å². The summed E-state index contributed by atoms with van der Waals surface area (Å²) in [6.07, 6.45) is 1.63. The molecule has 11 N–H and O–H groups in total. The molecular formula is C28H51N7O8. The highest BCUT2D eigenvalue weighted by atomic mass is 16.4. The summed E-state index contributed by atoms with van der Waals surface area (Å²) in [6, 6.07) is -4.53. The van der Waals surface area contributed by atoms with Gasteiger partial charge in [-0.1, -0.05) is 34.1 Å². The topological polar surface area (TPSA) is 266 Å². The van der Waals surface area contributed by atoms with Gasteiger partial charge in [0.15, 0.2) is 0 Å². The molecule has 0 aliphatic carbocycles. The second kappa shape index (κ2) is 20.3.